The molecule has 6 heteroatoms. The van der Waals surface area contributed by atoms with Crippen molar-refractivity contribution in [2.45, 2.75) is 19.1 Å². The lowest BCUT2D eigenvalue weighted by Crippen LogP contribution is -2.20. The zero-order valence-corrected chi connectivity index (χ0v) is 13.6. The summed E-state index contributed by atoms with van der Waals surface area (Å²) in [6.45, 7) is 3.43. The van der Waals surface area contributed by atoms with E-state index in [-0.39, 0.29) is 0 Å². The summed E-state index contributed by atoms with van der Waals surface area (Å²) in [7, 11) is -3.52. The quantitative estimate of drug-likeness (QED) is 0.911. The van der Waals surface area contributed by atoms with Gasteiger partial charge in [-0.1, -0.05) is 30.3 Å². The summed E-state index contributed by atoms with van der Waals surface area (Å²) in [5.41, 5.74) is 1.87. The van der Waals surface area contributed by atoms with Gasteiger partial charge in [0.2, 0.25) is 10.0 Å². The first-order valence-electron chi connectivity index (χ1n) is 6.09. The van der Waals surface area contributed by atoms with Crippen LogP contribution in [0.25, 0.3) is 0 Å². The number of pyridine rings is 1. The van der Waals surface area contributed by atoms with Crippen LogP contribution in [0.15, 0.2) is 47.1 Å². The number of nitrogens with zero attached hydrogens (tertiary/aromatic N) is 1. The summed E-state index contributed by atoms with van der Waals surface area (Å²) in [5, 5.41) is -0.637. The van der Waals surface area contributed by atoms with Gasteiger partial charge in [0.05, 0.1) is 11.4 Å². The fourth-order valence-corrected chi connectivity index (χ4v) is 3.29. The van der Waals surface area contributed by atoms with Crippen LogP contribution >= 0.6 is 15.9 Å². The molecule has 0 fully saturated rings. The van der Waals surface area contributed by atoms with Crippen LogP contribution in [0.2, 0.25) is 0 Å². The Morgan fingerprint density at radius 1 is 1.25 bits per heavy atom. The number of aryl methyl sites for hydroxylation is 1. The average molecular weight is 355 g/mol. The number of hydrogen-bond donors (Lipinski definition) is 1. The Kier molecular flexibility index (Phi) is 4.45. The third-order valence-corrected chi connectivity index (χ3v) is 5.18. The molecule has 0 bridgehead atoms. The van der Waals surface area contributed by atoms with Crippen molar-refractivity contribution in [3.8, 4) is 0 Å². The highest BCUT2D eigenvalue weighted by molar-refractivity contribution is 9.10. The maximum atomic E-state index is 12.4. The predicted octanol–water partition coefficient (Wildman–Crippen LogP) is 3.66. The van der Waals surface area contributed by atoms with E-state index in [4.69, 9.17) is 0 Å². The smallest absolute Gasteiger partial charge is 0.239 e. The van der Waals surface area contributed by atoms with E-state index in [9.17, 15) is 8.42 Å². The van der Waals surface area contributed by atoms with E-state index in [1.54, 1.807) is 38.2 Å². The first-order valence-corrected chi connectivity index (χ1v) is 8.43. The number of sulfonamides is 1. The molecule has 2 rings (SSSR count). The molecule has 0 radical (unpaired) electrons. The molecule has 20 heavy (non-hydrogen) atoms. The molecule has 1 heterocycles. The van der Waals surface area contributed by atoms with Crippen LogP contribution < -0.4 is 4.72 Å². The molecule has 0 spiro atoms. The molecule has 1 N–H and O–H groups in total. The van der Waals surface area contributed by atoms with Gasteiger partial charge in [0.15, 0.2) is 0 Å². The summed E-state index contributed by atoms with van der Waals surface area (Å²) in [6, 6.07) is 10.8. The number of anilines is 1. The van der Waals surface area contributed by atoms with Crippen molar-refractivity contribution in [3.63, 3.8) is 0 Å². The standard InChI is InChI=1S/C14H15BrN2O2S/c1-10-14(8-13(15)9-16-10)17-20(18,19)11(2)12-6-4-3-5-7-12/h3-9,11,17H,1-2H3. The van der Waals surface area contributed by atoms with Gasteiger partial charge in [-0.15, -0.1) is 0 Å². The lowest BCUT2D eigenvalue weighted by molar-refractivity contribution is 0.591. The average Bonchev–Trinajstić information content (AvgIpc) is 2.43. The molecule has 0 aliphatic rings. The molecular formula is C14H15BrN2O2S. The lowest BCUT2D eigenvalue weighted by atomic mass is 10.2. The maximum Gasteiger partial charge on any atom is 0.239 e. The zero-order chi connectivity index (χ0) is 14.8. The molecule has 2 aromatic rings. The van der Waals surface area contributed by atoms with Gasteiger partial charge in [0, 0.05) is 10.7 Å². The van der Waals surface area contributed by atoms with Crippen LogP contribution in [-0.4, -0.2) is 13.4 Å². The largest absolute Gasteiger partial charge is 0.281 e. The number of aromatic nitrogens is 1. The highest BCUT2D eigenvalue weighted by Crippen LogP contribution is 2.26. The van der Waals surface area contributed by atoms with Crippen LogP contribution in [0.4, 0.5) is 5.69 Å². The van der Waals surface area contributed by atoms with Gasteiger partial charge in [-0.3, -0.25) is 9.71 Å². The van der Waals surface area contributed by atoms with Crippen LogP contribution in [0, 0.1) is 6.92 Å². The number of benzene rings is 1. The molecular weight excluding hydrogens is 340 g/mol. The summed E-state index contributed by atoms with van der Waals surface area (Å²) in [6.07, 6.45) is 1.63. The Bertz CT molecular complexity index is 702. The summed E-state index contributed by atoms with van der Waals surface area (Å²) < 4.78 is 28.2. The first-order chi connectivity index (χ1) is 9.40. The minimum absolute atomic E-state index is 0.488. The van der Waals surface area contributed by atoms with Gasteiger partial charge in [0.1, 0.15) is 5.25 Å². The van der Waals surface area contributed by atoms with E-state index >= 15 is 0 Å². The zero-order valence-electron chi connectivity index (χ0n) is 11.2. The van der Waals surface area contributed by atoms with E-state index in [1.807, 2.05) is 18.2 Å². The number of nitrogens with one attached hydrogen (secondary N) is 1. The molecule has 0 saturated carbocycles. The fourth-order valence-electron chi connectivity index (χ4n) is 1.76. The molecule has 1 atom stereocenters. The normalized spacial score (nSPS) is 12.9. The van der Waals surface area contributed by atoms with Crippen LogP contribution in [0.5, 0.6) is 0 Å². The van der Waals surface area contributed by atoms with Crippen molar-refractivity contribution in [2.75, 3.05) is 4.72 Å². The fraction of sp³-hybridized carbons (Fsp3) is 0.214. The highest BCUT2D eigenvalue weighted by atomic mass is 79.9. The van der Waals surface area contributed by atoms with Crippen molar-refractivity contribution in [3.05, 3.63) is 58.3 Å². The Hall–Kier alpha value is -1.40. The Labute approximate surface area is 127 Å². The summed E-state index contributed by atoms with van der Waals surface area (Å²) in [5.74, 6) is 0. The highest BCUT2D eigenvalue weighted by Gasteiger charge is 2.23. The second-order valence-electron chi connectivity index (χ2n) is 4.49. The second kappa shape index (κ2) is 5.93. The number of halogens is 1. The van der Waals surface area contributed by atoms with E-state index in [0.29, 0.717) is 11.4 Å². The molecule has 1 aromatic carbocycles. The predicted molar refractivity (Wildman–Crippen MR) is 84.1 cm³/mol. The number of hydrogen-bond acceptors (Lipinski definition) is 3. The van der Waals surface area contributed by atoms with Crippen molar-refractivity contribution in [1.29, 1.82) is 0 Å². The SMILES string of the molecule is Cc1ncc(Br)cc1NS(=O)(=O)C(C)c1ccccc1. The lowest BCUT2D eigenvalue weighted by Gasteiger charge is -2.16. The van der Waals surface area contributed by atoms with Gasteiger partial charge in [-0.2, -0.15) is 0 Å². The molecule has 0 aliphatic carbocycles. The minimum atomic E-state index is -3.52. The maximum absolute atomic E-state index is 12.4. The molecule has 1 unspecified atom stereocenters. The molecule has 4 nitrogen and oxygen atoms in total. The van der Waals surface area contributed by atoms with E-state index in [2.05, 4.69) is 25.6 Å². The molecule has 0 amide bonds. The Morgan fingerprint density at radius 3 is 2.55 bits per heavy atom. The van der Waals surface area contributed by atoms with Gasteiger partial charge in [-0.25, -0.2) is 8.42 Å². The van der Waals surface area contributed by atoms with Crippen LogP contribution in [-0.2, 0) is 10.0 Å². The van der Waals surface area contributed by atoms with Gasteiger partial charge >= 0.3 is 0 Å². The molecule has 1 aromatic heterocycles. The monoisotopic (exact) mass is 354 g/mol. The summed E-state index contributed by atoms with van der Waals surface area (Å²) >= 11 is 3.29. The van der Waals surface area contributed by atoms with Crippen LogP contribution in [0.3, 0.4) is 0 Å². The Balaban J connectivity index is 2.30. The van der Waals surface area contributed by atoms with Crippen molar-refractivity contribution in [2.24, 2.45) is 0 Å². The first kappa shape index (κ1) is 15.0. The number of rotatable bonds is 4. The van der Waals surface area contributed by atoms with E-state index in [0.717, 1.165) is 10.0 Å². The summed E-state index contributed by atoms with van der Waals surface area (Å²) in [4.78, 5) is 4.12. The second-order valence-corrected chi connectivity index (χ2v) is 7.40. The third kappa shape index (κ3) is 3.37. The third-order valence-electron chi connectivity index (χ3n) is 3.04. The van der Waals surface area contributed by atoms with Crippen molar-refractivity contribution < 1.29 is 8.42 Å². The van der Waals surface area contributed by atoms with Gasteiger partial charge < -0.3 is 0 Å². The van der Waals surface area contributed by atoms with Crippen molar-refractivity contribution in [1.82, 2.24) is 4.98 Å². The topological polar surface area (TPSA) is 59.1 Å². The molecule has 0 aliphatic heterocycles. The van der Waals surface area contributed by atoms with E-state index < -0.39 is 15.3 Å². The van der Waals surface area contributed by atoms with Crippen LogP contribution in [0.1, 0.15) is 23.4 Å². The van der Waals surface area contributed by atoms with E-state index in [1.165, 1.54) is 0 Å². The molecule has 0 saturated heterocycles. The van der Waals surface area contributed by atoms with Crippen molar-refractivity contribution >= 4 is 31.6 Å². The Morgan fingerprint density at radius 2 is 1.90 bits per heavy atom. The minimum Gasteiger partial charge on any atom is -0.281 e. The van der Waals surface area contributed by atoms with Gasteiger partial charge in [0.25, 0.3) is 0 Å². The molecule has 106 valence electrons. The van der Waals surface area contributed by atoms with Gasteiger partial charge in [-0.05, 0) is 41.4 Å².